The van der Waals surface area contributed by atoms with Crippen LogP contribution in [0.15, 0.2) is 0 Å². The Labute approximate surface area is 92.8 Å². The molecule has 0 saturated carbocycles. The van der Waals surface area contributed by atoms with E-state index in [0.717, 1.165) is 24.3 Å². The van der Waals surface area contributed by atoms with E-state index in [0.29, 0.717) is 17.4 Å². The van der Waals surface area contributed by atoms with Gasteiger partial charge in [0.05, 0.1) is 11.5 Å². The zero-order valence-electron chi connectivity index (χ0n) is 9.45. The highest BCUT2D eigenvalue weighted by Crippen LogP contribution is 2.07. The monoisotopic (exact) mass is 238 g/mol. The molecule has 0 aliphatic heterocycles. The molecule has 0 heterocycles. The van der Waals surface area contributed by atoms with Gasteiger partial charge in [-0.05, 0) is 24.5 Å². The van der Waals surface area contributed by atoms with Crippen molar-refractivity contribution in [1.82, 2.24) is 0 Å². The lowest BCUT2D eigenvalue weighted by Crippen LogP contribution is -2.14. The molecule has 0 bridgehead atoms. The average Bonchev–Trinajstić information content (AvgIpc) is 2.10. The highest BCUT2D eigenvalue weighted by atomic mass is 32.2. The minimum Gasteiger partial charge on any atom is -0.229 e. The highest BCUT2D eigenvalue weighted by molar-refractivity contribution is 8.00. The molecule has 0 aromatic carbocycles. The number of rotatable bonds is 8. The van der Waals surface area contributed by atoms with Gasteiger partial charge in [0.15, 0.2) is 9.84 Å². The molecule has 0 spiro atoms. The molecule has 0 aliphatic carbocycles. The Bertz CT molecular complexity index is 220. The van der Waals surface area contributed by atoms with Crippen molar-refractivity contribution in [2.45, 2.75) is 33.6 Å². The molecule has 2 nitrogen and oxygen atoms in total. The van der Waals surface area contributed by atoms with Gasteiger partial charge in [-0.1, -0.05) is 20.8 Å². The van der Waals surface area contributed by atoms with Gasteiger partial charge in [0, 0.05) is 5.75 Å². The molecule has 0 aromatic heterocycles. The first-order valence-corrected chi connectivity index (χ1v) is 8.23. The van der Waals surface area contributed by atoms with Crippen molar-refractivity contribution < 1.29 is 8.42 Å². The zero-order chi connectivity index (χ0) is 11.0. The van der Waals surface area contributed by atoms with Crippen LogP contribution in [0.4, 0.5) is 0 Å². The van der Waals surface area contributed by atoms with Crippen LogP contribution in [0.1, 0.15) is 33.6 Å². The van der Waals surface area contributed by atoms with Gasteiger partial charge in [0.25, 0.3) is 0 Å². The normalized spacial score (nSPS) is 12.3. The smallest absolute Gasteiger partial charge is 0.151 e. The van der Waals surface area contributed by atoms with E-state index in [-0.39, 0.29) is 0 Å². The van der Waals surface area contributed by atoms with E-state index >= 15 is 0 Å². The molecule has 0 unspecified atom stereocenters. The fourth-order valence-corrected chi connectivity index (χ4v) is 3.96. The van der Waals surface area contributed by atoms with Crippen LogP contribution in [0.2, 0.25) is 0 Å². The first-order chi connectivity index (χ1) is 6.48. The lowest BCUT2D eigenvalue weighted by atomic mass is 10.2. The van der Waals surface area contributed by atoms with Crippen molar-refractivity contribution in [1.29, 1.82) is 0 Å². The lowest BCUT2D eigenvalue weighted by molar-refractivity contribution is 0.575. The summed E-state index contributed by atoms with van der Waals surface area (Å²) in [5.74, 6) is 3.02. The molecule has 0 fully saturated rings. The van der Waals surface area contributed by atoms with Crippen LogP contribution in [0.3, 0.4) is 0 Å². The second kappa shape index (κ2) is 7.57. The Hall–Kier alpha value is 0.300. The number of hydrogen-bond acceptors (Lipinski definition) is 3. The molecular formula is C10H22O2S2. The third-order valence-corrected chi connectivity index (χ3v) is 5.03. The minimum absolute atomic E-state index is 0.352. The predicted molar refractivity (Wildman–Crippen MR) is 65.7 cm³/mol. The summed E-state index contributed by atoms with van der Waals surface area (Å²) in [6, 6.07) is 0. The third kappa shape index (κ3) is 8.88. The van der Waals surface area contributed by atoms with E-state index in [2.05, 4.69) is 20.8 Å². The number of thioether (sulfide) groups is 1. The predicted octanol–water partition coefficient (Wildman–Crippen LogP) is 2.59. The van der Waals surface area contributed by atoms with Gasteiger partial charge in [-0.3, -0.25) is 0 Å². The summed E-state index contributed by atoms with van der Waals surface area (Å²) in [7, 11) is -2.78. The summed E-state index contributed by atoms with van der Waals surface area (Å²) in [4.78, 5) is 0. The standard InChI is InChI=1S/C10H22O2S2/c1-4-6-13-7-9-14(11,12)8-5-10(2)3/h10H,4-9H2,1-3H3. The van der Waals surface area contributed by atoms with Gasteiger partial charge < -0.3 is 0 Å². The molecular weight excluding hydrogens is 216 g/mol. The van der Waals surface area contributed by atoms with Gasteiger partial charge >= 0.3 is 0 Å². The maximum Gasteiger partial charge on any atom is 0.151 e. The quantitative estimate of drug-likeness (QED) is 0.610. The van der Waals surface area contributed by atoms with Crippen LogP contribution in [0, 0.1) is 5.92 Å². The van der Waals surface area contributed by atoms with Gasteiger partial charge in [-0.2, -0.15) is 11.8 Å². The van der Waals surface area contributed by atoms with Crippen molar-refractivity contribution in [2.24, 2.45) is 5.92 Å². The summed E-state index contributed by atoms with van der Waals surface area (Å²) in [6.45, 7) is 6.23. The second-order valence-electron chi connectivity index (χ2n) is 3.95. The van der Waals surface area contributed by atoms with E-state index < -0.39 is 9.84 Å². The molecule has 0 rings (SSSR count). The van der Waals surface area contributed by atoms with Crippen molar-refractivity contribution in [3.63, 3.8) is 0 Å². The van der Waals surface area contributed by atoms with Crippen molar-refractivity contribution in [3.05, 3.63) is 0 Å². The minimum atomic E-state index is -2.78. The molecule has 0 aliphatic rings. The summed E-state index contributed by atoms with van der Waals surface area (Å²) < 4.78 is 23.0. The Morgan fingerprint density at radius 3 is 2.29 bits per heavy atom. The summed E-state index contributed by atoms with van der Waals surface area (Å²) >= 11 is 1.74. The van der Waals surface area contributed by atoms with Gasteiger partial charge in [0.1, 0.15) is 0 Å². The molecule has 0 amide bonds. The molecule has 14 heavy (non-hydrogen) atoms. The fourth-order valence-electron chi connectivity index (χ4n) is 0.950. The summed E-state index contributed by atoms with van der Waals surface area (Å²) in [5.41, 5.74) is 0. The largest absolute Gasteiger partial charge is 0.229 e. The molecule has 0 saturated heterocycles. The topological polar surface area (TPSA) is 34.1 Å². The van der Waals surface area contributed by atoms with Crippen molar-refractivity contribution >= 4 is 21.6 Å². The van der Waals surface area contributed by atoms with Gasteiger partial charge in [0.2, 0.25) is 0 Å². The van der Waals surface area contributed by atoms with Crippen LogP contribution in [-0.2, 0) is 9.84 Å². The molecule has 86 valence electrons. The molecule has 0 aromatic rings. The second-order valence-corrected chi connectivity index (χ2v) is 7.48. The van der Waals surface area contributed by atoms with E-state index in [4.69, 9.17) is 0 Å². The highest BCUT2D eigenvalue weighted by Gasteiger charge is 2.10. The first kappa shape index (κ1) is 14.3. The van der Waals surface area contributed by atoms with Crippen LogP contribution < -0.4 is 0 Å². The lowest BCUT2D eigenvalue weighted by Gasteiger charge is -2.05. The number of sulfone groups is 1. The van der Waals surface area contributed by atoms with E-state index in [1.807, 2.05) is 0 Å². The fraction of sp³-hybridized carbons (Fsp3) is 1.00. The third-order valence-electron chi connectivity index (χ3n) is 1.89. The van der Waals surface area contributed by atoms with E-state index in [1.165, 1.54) is 0 Å². The maximum atomic E-state index is 11.5. The SMILES string of the molecule is CCCSCCS(=O)(=O)CCC(C)C. The Kier molecular flexibility index (Phi) is 7.74. The average molecular weight is 238 g/mol. The van der Waals surface area contributed by atoms with Crippen molar-refractivity contribution in [2.75, 3.05) is 23.0 Å². The molecule has 4 heteroatoms. The zero-order valence-corrected chi connectivity index (χ0v) is 11.1. The molecule has 0 atom stereocenters. The van der Waals surface area contributed by atoms with Crippen LogP contribution >= 0.6 is 11.8 Å². The van der Waals surface area contributed by atoms with Crippen LogP contribution in [0.25, 0.3) is 0 Å². The number of hydrogen-bond donors (Lipinski definition) is 0. The maximum absolute atomic E-state index is 11.5. The molecule has 0 N–H and O–H groups in total. The van der Waals surface area contributed by atoms with Crippen LogP contribution in [0.5, 0.6) is 0 Å². The van der Waals surface area contributed by atoms with E-state index in [1.54, 1.807) is 11.8 Å². The molecule has 0 radical (unpaired) electrons. The summed E-state index contributed by atoms with van der Waals surface area (Å²) in [5, 5.41) is 0. The Balaban J connectivity index is 3.62. The first-order valence-electron chi connectivity index (χ1n) is 5.26. The van der Waals surface area contributed by atoms with Gasteiger partial charge in [-0.25, -0.2) is 8.42 Å². The van der Waals surface area contributed by atoms with Crippen molar-refractivity contribution in [3.8, 4) is 0 Å². The summed E-state index contributed by atoms with van der Waals surface area (Å²) in [6.07, 6.45) is 1.91. The van der Waals surface area contributed by atoms with Gasteiger partial charge in [-0.15, -0.1) is 0 Å². The van der Waals surface area contributed by atoms with E-state index in [9.17, 15) is 8.42 Å². The van der Waals surface area contributed by atoms with Crippen LogP contribution in [-0.4, -0.2) is 31.4 Å². The Morgan fingerprint density at radius 1 is 1.14 bits per heavy atom. The Morgan fingerprint density at radius 2 is 1.79 bits per heavy atom.